The maximum atomic E-state index is 12.5. The fourth-order valence-electron chi connectivity index (χ4n) is 1.93. The second-order valence-corrected chi connectivity index (χ2v) is 3.92. The lowest BCUT2D eigenvalue weighted by atomic mass is 10.2. The Labute approximate surface area is 101 Å². The number of methoxy groups -OCH3 is 1. The summed E-state index contributed by atoms with van der Waals surface area (Å²) in [6.45, 7) is -1.55. The number of hydrogen-bond donors (Lipinski definition) is 1. The first kappa shape index (κ1) is 12.8. The molecule has 0 saturated carbocycles. The number of rotatable bonds is 3. The Balaban J connectivity index is 2.56. The Bertz CT molecular complexity index is 560. The predicted molar refractivity (Wildman–Crippen MR) is 60.5 cm³/mol. The summed E-state index contributed by atoms with van der Waals surface area (Å²) in [6.07, 6.45) is -4.32. The number of alkyl halides is 3. The Hall–Kier alpha value is -1.69. The zero-order valence-corrected chi connectivity index (χ0v) is 9.66. The topological polar surface area (TPSA) is 34.4 Å². The molecule has 1 aromatic carbocycles. The van der Waals surface area contributed by atoms with Gasteiger partial charge in [-0.1, -0.05) is 0 Å². The molecule has 0 spiro atoms. The van der Waals surface area contributed by atoms with E-state index in [9.17, 15) is 13.2 Å². The average Bonchev–Trinajstić information content (AvgIpc) is 2.64. The van der Waals surface area contributed by atoms with Gasteiger partial charge in [-0.05, 0) is 24.3 Å². The highest BCUT2D eigenvalue weighted by Crippen LogP contribution is 2.28. The Morgan fingerprint density at radius 2 is 2.00 bits per heavy atom. The summed E-state index contributed by atoms with van der Waals surface area (Å²) in [6, 6.07) is 6.32. The molecule has 3 nitrogen and oxygen atoms in total. The van der Waals surface area contributed by atoms with E-state index in [-0.39, 0.29) is 5.69 Å². The second-order valence-electron chi connectivity index (χ2n) is 3.92. The molecule has 0 fully saturated rings. The van der Waals surface area contributed by atoms with E-state index in [1.165, 1.54) is 13.2 Å². The van der Waals surface area contributed by atoms with Crippen LogP contribution in [0.2, 0.25) is 0 Å². The quantitative estimate of drug-likeness (QED) is 0.919. The van der Waals surface area contributed by atoms with Crippen LogP contribution in [-0.4, -0.2) is 23.0 Å². The zero-order valence-electron chi connectivity index (χ0n) is 9.66. The molecule has 0 bridgehead atoms. The van der Waals surface area contributed by atoms with Crippen molar-refractivity contribution >= 4 is 10.9 Å². The van der Waals surface area contributed by atoms with E-state index in [4.69, 9.17) is 9.84 Å². The molecule has 0 amide bonds. The second kappa shape index (κ2) is 4.53. The number of benzene rings is 1. The van der Waals surface area contributed by atoms with Crippen molar-refractivity contribution in [2.45, 2.75) is 19.3 Å². The van der Waals surface area contributed by atoms with Gasteiger partial charge >= 0.3 is 6.18 Å². The van der Waals surface area contributed by atoms with Gasteiger partial charge in [-0.2, -0.15) is 13.2 Å². The van der Waals surface area contributed by atoms with E-state index in [0.29, 0.717) is 16.7 Å². The number of halogens is 3. The van der Waals surface area contributed by atoms with Crippen LogP contribution in [0.4, 0.5) is 13.2 Å². The van der Waals surface area contributed by atoms with Crippen molar-refractivity contribution in [3.8, 4) is 5.75 Å². The van der Waals surface area contributed by atoms with Crippen molar-refractivity contribution in [1.82, 2.24) is 4.57 Å². The highest BCUT2D eigenvalue weighted by atomic mass is 19.4. The minimum atomic E-state index is -4.32. The summed E-state index contributed by atoms with van der Waals surface area (Å²) < 4.78 is 43.5. The highest BCUT2D eigenvalue weighted by molar-refractivity contribution is 5.82. The smallest absolute Gasteiger partial charge is 0.406 e. The standard InChI is InChI=1S/C12H12F3NO2/c1-18-10-2-3-11-8(5-10)4-9(6-17)16(11)7-12(13,14)15/h2-5,17H,6-7H2,1H3. The van der Waals surface area contributed by atoms with Gasteiger partial charge in [-0.15, -0.1) is 0 Å². The summed E-state index contributed by atoms with van der Waals surface area (Å²) in [7, 11) is 1.49. The number of aliphatic hydroxyl groups is 1. The third-order valence-electron chi connectivity index (χ3n) is 2.69. The molecular weight excluding hydrogens is 247 g/mol. The lowest BCUT2D eigenvalue weighted by molar-refractivity contribution is -0.140. The maximum absolute atomic E-state index is 12.5. The normalized spacial score (nSPS) is 12.1. The molecule has 1 aromatic heterocycles. The third kappa shape index (κ3) is 2.43. The first-order valence-corrected chi connectivity index (χ1v) is 5.28. The van der Waals surface area contributed by atoms with Crippen LogP contribution in [0.1, 0.15) is 5.69 Å². The predicted octanol–water partition coefficient (Wildman–Crippen LogP) is 2.70. The minimum absolute atomic E-state index is 0.232. The van der Waals surface area contributed by atoms with Gasteiger partial charge in [0.2, 0.25) is 0 Å². The molecule has 1 heterocycles. The Morgan fingerprint density at radius 1 is 1.28 bits per heavy atom. The zero-order chi connectivity index (χ0) is 13.3. The van der Waals surface area contributed by atoms with E-state index in [1.807, 2.05) is 0 Å². The van der Waals surface area contributed by atoms with Crippen molar-refractivity contribution in [2.75, 3.05) is 7.11 Å². The van der Waals surface area contributed by atoms with Gasteiger partial charge in [0.1, 0.15) is 12.3 Å². The van der Waals surface area contributed by atoms with Gasteiger partial charge in [0.05, 0.1) is 13.7 Å². The molecule has 0 aliphatic carbocycles. The number of aromatic nitrogens is 1. The monoisotopic (exact) mass is 259 g/mol. The molecule has 0 aliphatic heterocycles. The first-order valence-electron chi connectivity index (χ1n) is 5.28. The number of fused-ring (bicyclic) bond motifs is 1. The van der Waals surface area contributed by atoms with Gasteiger partial charge in [0.15, 0.2) is 0 Å². The molecular formula is C12H12F3NO2. The SMILES string of the molecule is COc1ccc2c(c1)cc(CO)n2CC(F)(F)F. The van der Waals surface area contributed by atoms with Crippen LogP contribution in [0.15, 0.2) is 24.3 Å². The molecule has 0 radical (unpaired) electrons. The lowest BCUT2D eigenvalue weighted by Gasteiger charge is -2.12. The molecule has 6 heteroatoms. The van der Waals surface area contributed by atoms with Crippen LogP contribution >= 0.6 is 0 Å². The molecule has 0 unspecified atom stereocenters. The maximum Gasteiger partial charge on any atom is 0.406 e. The van der Waals surface area contributed by atoms with E-state index < -0.39 is 19.3 Å². The average molecular weight is 259 g/mol. The fraction of sp³-hybridized carbons (Fsp3) is 0.333. The third-order valence-corrected chi connectivity index (χ3v) is 2.69. The van der Waals surface area contributed by atoms with Crippen molar-refractivity contribution in [3.63, 3.8) is 0 Å². The van der Waals surface area contributed by atoms with Gasteiger partial charge < -0.3 is 14.4 Å². The largest absolute Gasteiger partial charge is 0.497 e. The summed E-state index contributed by atoms with van der Waals surface area (Å²) in [4.78, 5) is 0. The lowest BCUT2D eigenvalue weighted by Crippen LogP contribution is -2.19. The van der Waals surface area contributed by atoms with Gasteiger partial charge in [0, 0.05) is 16.6 Å². The van der Waals surface area contributed by atoms with Crippen LogP contribution in [-0.2, 0) is 13.2 Å². The van der Waals surface area contributed by atoms with Crippen LogP contribution in [0.5, 0.6) is 5.75 Å². The number of hydrogen-bond acceptors (Lipinski definition) is 2. The summed E-state index contributed by atoms with van der Waals surface area (Å²) in [5, 5.41) is 9.74. The van der Waals surface area contributed by atoms with Crippen LogP contribution in [0, 0.1) is 0 Å². The first-order chi connectivity index (χ1) is 8.44. The van der Waals surface area contributed by atoms with Crippen LogP contribution < -0.4 is 4.74 Å². The molecule has 0 aliphatic rings. The molecule has 0 atom stereocenters. The Kier molecular flexibility index (Phi) is 3.21. The minimum Gasteiger partial charge on any atom is -0.497 e. The van der Waals surface area contributed by atoms with Gasteiger partial charge in [0.25, 0.3) is 0 Å². The summed E-state index contributed by atoms with van der Waals surface area (Å²) in [5.74, 6) is 0.566. The number of aliphatic hydroxyl groups excluding tert-OH is 1. The van der Waals surface area contributed by atoms with Crippen LogP contribution in [0.25, 0.3) is 10.9 Å². The molecule has 2 rings (SSSR count). The number of ether oxygens (including phenoxy) is 1. The van der Waals surface area contributed by atoms with E-state index in [1.54, 1.807) is 18.2 Å². The van der Waals surface area contributed by atoms with Gasteiger partial charge in [-0.25, -0.2) is 0 Å². The van der Waals surface area contributed by atoms with E-state index in [0.717, 1.165) is 4.57 Å². The number of nitrogens with zero attached hydrogens (tertiary/aromatic N) is 1. The van der Waals surface area contributed by atoms with Crippen molar-refractivity contribution in [1.29, 1.82) is 0 Å². The van der Waals surface area contributed by atoms with E-state index >= 15 is 0 Å². The van der Waals surface area contributed by atoms with Crippen molar-refractivity contribution < 1.29 is 23.0 Å². The summed E-state index contributed by atoms with van der Waals surface area (Å²) in [5.41, 5.74) is 0.660. The van der Waals surface area contributed by atoms with Gasteiger partial charge in [-0.3, -0.25) is 0 Å². The van der Waals surface area contributed by atoms with Crippen molar-refractivity contribution in [2.24, 2.45) is 0 Å². The fourth-order valence-corrected chi connectivity index (χ4v) is 1.93. The highest BCUT2D eigenvalue weighted by Gasteiger charge is 2.29. The molecule has 18 heavy (non-hydrogen) atoms. The molecule has 2 aromatic rings. The van der Waals surface area contributed by atoms with Crippen molar-refractivity contribution in [3.05, 3.63) is 30.0 Å². The molecule has 0 saturated heterocycles. The Morgan fingerprint density at radius 3 is 2.56 bits per heavy atom. The van der Waals surface area contributed by atoms with E-state index in [2.05, 4.69) is 0 Å². The van der Waals surface area contributed by atoms with Crippen LogP contribution in [0.3, 0.4) is 0 Å². The molecule has 1 N–H and O–H groups in total. The molecule has 98 valence electrons. The summed E-state index contributed by atoms with van der Waals surface area (Å²) >= 11 is 0.